The molecule has 0 spiro atoms. The molecule has 0 bridgehead atoms. The predicted octanol–water partition coefficient (Wildman–Crippen LogP) is 2.38. The lowest BCUT2D eigenvalue weighted by atomic mass is 9.78. The average molecular weight is 216 g/mol. The van der Waals surface area contributed by atoms with E-state index in [2.05, 4.69) is 0 Å². The van der Waals surface area contributed by atoms with Gasteiger partial charge in [0.05, 0.1) is 12.3 Å². The topological polar surface area (TPSA) is 74.6 Å². The molecule has 0 amide bonds. The van der Waals surface area contributed by atoms with Gasteiger partial charge >= 0.3 is 11.9 Å². The van der Waals surface area contributed by atoms with Crippen molar-refractivity contribution in [1.82, 2.24) is 0 Å². The van der Waals surface area contributed by atoms with E-state index >= 15 is 0 Å². The molecule has 0 aliphatic rings. The summed E-state index contributed by atoms with van der Waals surface area (Å²) in [5.41, 5.74) is -0.104. The molecule has 0 aliphatic carbocycles. The maximum atomic E-state index is 10.9. The largest absolute Gasteiger partial charge is 0.481 e. The summed E-state index contributed by atoms with van der Waals surface area (Å²) in [5.74, 6) is -2.83. The van der Waals surface area contributed by atoms with E-state index in [0.717, 1.165) is 12.8 Å². The van der Waals surface area contributed by atoms with Crippen LogP contribution in [0.3, 0.4) is 0 Å². The monoisotopic (exact) mass is 216 g/mol. The lowest BCUT2D eigenvalue weighted by Crippen LogP contribution is -2.25. The Morgan fingerprint density at radius 2 is 1.80 bits per heavy atom. The van der Waals surface area contributed by atoms with Gasteiger partial charge in [-0.15, -0.1) is 0 Å². The van der Waals surface area contributed by atoms with E-state index in [1.165, 1.54) is 0 Å². The molecule has 4 heteroatoms. The SMILES string of the molecule is CCCC(C)(C)C[C@@H](CC(=O)O)C(=O)O. The zero-order valence-corrected chi connectivity index (χ0v) is 9.62. The first kappa shape index (κ1) is 13.9. The third-order valence-corrected chi connectivity index (χ3v) is 2.50. The first-order chi connectivity index (χ1) is 6.78. The minimum Gasteiger partial charge on any atom is -0.481 e. The number of rotatable bonds is 7. The van der Waals surface area contributed by atoms with Gasteiger partial charge in [0.15, 0.2) is 0 Å². The van der Waals surface area contributed by atoms with E-state index in [0.29, 0.717) is 6.42 Å². The number of hydrogen-bond donors (Lipinski definition) is 2. The lowest BCUT2D eigenvalue weighted by molar-refractivity contribution is -0.149. The summed E-state index contributed by atoms with van der Waals surface area (Å²) in [6.07, 6.45) is 2.02. The van der Waals surface area contributed by atoms with Crippen LogP contribution < -0.4 is 0 Å². The van der Waals surface area contributed by atoms with Gasteiger partial charge in [-0.25, -0.2) is 0 Å². The molecule has 0 unspecified atom stereocenters. The molecule has 0 saturated heterocycles. The van der Waals surface area contributed by atoms with E-state index in [1.54, 1.807) is 0 Å². The van der Waals surface area contributed by atoms with Crippen LogP contribution in [0.5, 0.6) is 0 Å². The molecule has 0 aliphatic heterocycles. The van der Waals surface area contributed by atoms with Crippen LogP contribution >= 0.6 is 0 Å². The maximum Gasteiger partial charge on any atom is 0.307 e. The normalized spacial score (nSPS) is 13.5. The number of aliphatic carboxylic acids is 2. The molecule has 15 heavy (non-hydrogen) atoms. The van der Waals surface area contributed by atoms with Crippen molar-refractivity contribution in [1.29, 1.82) is 0 Å². The van der Waals surface area contributed by atoms with Crippen LogP contribution in [-0.2, 0) is 9.59 Å². The van der Waals surface area contributed by atoms with Crippen molar-refractivity contribution in [2.45, 2.75) is 46.5 Å². The fourth-order valence-electron chi connectivity index (χ4n) is 1.90. The number of carboxylic acids is 2. The Kier molecular flexibility index (Phi) is 5.33. The second-order valence-corrected chi connectivity index (χ2v) is 4.75. The molecule has 0 fully saturated rings. The first-order valence-electron chi connectivity index (χ1n) is 5.23. The second-order valence-electron chi connectivity index (χ2n) is 4.75. The molecule has 4 nitrogen and oxygen atoms in total. The summed E-state index contributed by atoms with van der Waals surface area (Å²) < 4.78 is 0. The van der Waals surface area contributed by atoms with Gasteiger partial charge in [0.1, 0.15) is 0 Å². The summed E-state index contributed by atoms with van der Waals surface area (Å²) in [6, 6.07) is 0. The van der Waals surface area contributed by atoms with Crippen molar-refractivity contribution in [2.24, 2.45) is 11.3 Å². The van der Waals surface area contributed by atoms with Gasteiger partial charge in [-0.1, -0.05) is 27.2 Å². The van der Waals surface area contributed by atoms with Crippen molar-refractivity contribution < 1.29 is 19.8 Å². The zero-order chi connectivity index (χ0) is 12.1. The molecule has 2 N–H and O–H groups in total. The first-order valence-corrected chi connectivity index (χ1v) is 5.23. The lowest BCUT2D eigenvalue weighted by Gasteiger charge is -2.26. The number of hydrogen-bond acceptors (Lipinski definition) is 2. The molecular weight excluding hydrogens is 196 g/mol. The smallest absolute Gasteiger partial charge is 0.307 e. The van der Waals surface area contributed by atoms with Crippen LogP contribution in [-0.4, -0.2) is 22.2 Å². The van der Waals surface area contributed by atoms with Crippen molar-refractivity contribution in [2.75, 3.05) is 0 Å². The average Bonchev–Trinajstić information content (AvgIpc) is 2.00. The highest BCUT2D eigenvalue weighted by atomic mass is 16.4. The number of carbonyl (C=O) groups is 2. The predicted molar refractivity (Wildman–Crippen MR) is 56.7 cm³/mol. The Balaban J connectivity index is 4.40. The van der Waals surface area contributed by atoms with E-state index in [-0.39, 0.29) is 11.8 Å². The van der Waals surface area contributed by atoms with Crippen LogP contribution in [0.1, 0.15) is 46.5 Å². The fourth-order valence-corrected chi connectivity index (χ4v) is 1.90. The molecule has 0 aromatic rings. The Bertz CT molecular complexity index is 233. The van der Waals surface area contributed by atoms with E-state index < -0.39 is 17.9 Å². The summed E-state index contributed by atoms with van der Waals surface area (Å²) in [6.45, 7) is 6.00. The standard InChI is InChI=1S/C11H20O4/c1-4-5-11(2,3)7-8(10(14)15)6-9(12)13/h8H,4-7H2,1-3H3,(H,12,13)(H,14,15)/t8-/m1/s1. The summed E-state index contributed by atoms with van der Waals surface area (Å²) in [5, 5.41) is 17.5. The molecule has 0 heterocycles. The van der Waals surface area contributed by atoms with Crippen LogP contribution in [0, 0.1) is 11.3 Å². The van der Waals surface area contributed by atoms with Crippen LogP contribution in [0.25, 0.3) is 0 Å². The van der Waals surface area contributed by atoms with Gasteiger partial charge in [0.2, 0.25) is 0 Å². The minimum absolute atomic E-state index is 0.104. The molecule has 0 aromatic heterocycles. The van der Waals surface area contributed by atoms with Gasteiger partial charge in [-0.2, -0.15) is 0 Å². The van der Waals surface area contributed by atoms with E-state index in [9.17, 15) is 9.59 Å². The molecule has 0 radical (unpaired) electrons. The molecular formula is C11H20O4. The van der Waals surface area contributed by atoms with Gasteiger partial charge in [0, 0.05) is 0 Å². The van der Waals surface area contributed by atoms with Crippen LogP contribution in [0.15, 0.2) is 0 Å². The molecule has 0 saturated carbocycles. The highest BCUT2D eigenvalue weighted by Crippen LogP contribution is 2.31. The fraction of sp³-hybridized carbons (Fsp3) is 0.818. The molecule has 0 rings (SSSR count). The Morgan fingerprint density at radius 1 is 1.27 bits per heavy atom. The van der Waals surface area contributed by atoms with Gasteiger partial charge in [-0.3, -0.25) is 9.59 Å². The number of carboxylic acid groups (broad SMARTS) is 2. The van der Waals surface area contributed by atoms with Crippen molar-refractivity contribution in [3.8, 4) is 0 Å². The zero-order valence-electron chi connectivity index (χ0n) is 9.62. The molecule has 88 valence electrons. The third-order valence-electron chi connectivity index (χ3n) is 2.50. The van der Waals surface area contributed by atoms with Crippen molar-refractivity contribution >= 4 is 11.9 Å². The molecule has 1 atom stereocenters. The minimum atomic E-state index is -1.05. The summed E-state index contributed by atoms with van der Waals surface area (Å²) in [7, 11) is 0. The third kappa shape index (κ3) is 6.10. The second kappa shape index (κ2) is 5.73. The maximum absolute atomic E-state index is 10.9. The van der Waals surface area contributed by atoms with Gasteiger partial charge in [-0.05, 0) is 18.3 Å². The van der Waals surface area contributed by atoms with Crippen LogP contribution in [0.4, 0.5) is 0 Å². The van der Waals surface area contributed by atoms with E-state index in [4.69, 9.17) is 10.2 Å². The highest BCUT2D eigenvalue weighted by Gasteiger charge is 2.28. The Labute approximate surface area is 90.3 Å². The summed E-state index contributed by atoms with van der Waals surface area (Å²) in [4.78, 5) is 21.3. The summed E-state index contributed by atoms with van der Waals surface area (Å²) >= 11 is 0. The van der Waals surface area contributed by atoms with Gasteiger partial charge < -0.3 is 10.2 Å². The molecule has 0 aromatic carbocycles. The van der Waals surface area contributed by atoms with Crippen LogP contribution in [0.2, 0.25) is 0 Å². The van der Waals surface area contributed by atoms with Crippen molar-refractivity contribution in [3.63, 3.8) is 0 Å². The Hall–Kier alpha value is -1.06. The Morgan fingerprint density at radius 3 is 2.13 bits per heavy atom. The van der Waals surface area contributed by atoms with Crippen molar-refractivity contribution in [3.05, 3.63) is 0 Å². The van der Waals surface area contributed by atoms with E-state index in [1.807, 2.05) is 20.8 Å². The quantitative estimate of drug-likeness (QED) is 0.685. The highest BCUT2D eigenvalue weighted by molar-refractivity contribution is 5.77. The van der Waals surface area contributed by atoms with Gasteiger partial charge in [0.25, 0.3) is 0 Å².